The molecule has 1 aliphatic rings. The second-order valence-electron chi connectivity index (χ2n) is 6.37. The van der Waals surface area contributed by atoms with Crippen LogP contribution in [0.4, 0.5) is 5.69 Å². The third-order valence-corrected chi connectivity index (χ3v) is 4.51. The van der Waals surface area contributed by atoms with Crippen LogP contribution in [-0.4, -0.2) is 29.9 Å². The van der Waals surface area contributed by atoms with Crippen LogP contribution in [0.25, 0.3) is 0 Å². The Morgan fingerprint density at radius 3 is 2.68 bits per heavy atom. The van der Waals surface area contributed by atoms with Crippen molar-refractivity contribution >= 4 is 11.6 Å². The number of hydrogen-bond acceptors (Lipinski definition) is 2. The number of rotatable bonds is 5. The molecule has 0 bridgehead atoms. The van der Waals surface area contributed by atoms with Crippen molar-refractivity contribution in [2.24, 2.45) is 0 Å². The van der Waals surface area contributed by atoms with E-state index < -0.39 is 0 Å². The van der Waals surface area contributed by atoms with Gasteiger partial charge >= 0.3 is 0 Å². The van der Waals surface area contributed by atoms with E-state index >= 15 is 0 Å². The van der Waals surface area contributed by atoms with Crippen LogP contribution in [-0.2, 0) is 4.79 Å². The third kappa shape index (κ3) is 3.98. The SMILES string of the molecule is C=C1CCN(CCCC)C(C(=O)Nc2c(C)cccc2C)C1. The molecule has 2 rings (SSSR count). The summed E-state index contributed by atoms with van der Waals surface area (Å²) in [7, 11) is 0. The fourth-order valence-electron chi connectivity index (χ4n) is 3.07. The Labute approximate surface area is 134 Å². The van der Waals surface area contributed by atoms with Crippen molar-refractivity contribution in [2.45, 2.75) is 52.5 Å². The Morgan fingerprint density at radius 1 is 1.36 bits per heavy atom. The summed E-state index contributed by atoms with van der Waals surface area (Å²) >= 11 is 0. The molecule has 3 heteroatoms. The van der Waals surface area contributed by atoms with Crippen molar-refractivity contribution in [3.05, 3.63) is 41.5 Å². The number of anilines is 1. The van der Waals surface area contributed by atoms with E-state index in [1.165, 1.54) is 5.57 Å². The van der Waals surface area contributed by atoms with Crippen molar-refractivity contribution in [2.75, 3.05) is 18.4 Å². The Kier molecular flexibility index (Phi) is 5.78. The summed E-state index contributed by atoms with van der Waals surface area (Å²) < 4.78 is 0. The van der Waals surface area contributed by atoms with Gasteiger partial charge in [-0.2, -0.15) is 0 Å². The predicted octanol–water partition coefficient (Wildman–Crippen LogP) is 4.06. The number of amides is 1. The number of para-hydroxylation sites is 1. The van der Waals surface area contributed by atoms with Crippen molar-refractivity contribution in [3.63, 3.8) is 0 Å². The lowest BCUT2D eigenvalue weighted by Crippen LogP contribution is -2.48. The largest absolute Gasteiger partial charge is 0.324 e. The summed E-state index contributed by atoms with van der Waals surface area (Å²) in [5.41, 5.74) is 4.37. The molecule has 1 atom stereocenters. The molecule has 1 amide bonds. The first kappa shape index (κ1) is 16.8. The van der Waals surface area contributed by atoms with E-state index in [1.807, 2.05) is 32.0 Å². The fraction of sp³-hybridized carbons (Fsp3) is 0.526. The van der Waals surface area contributed by atoms with Crippen LogP contribution in [0.15, 0.2) is 30.4 Å². The van der Waals surface area contributed by atoms with E-state index in [4.69, 9.17) is 0 Å². The summed E-state index contributed by atoms with van der Waals surface area (Å²) in [6.07, 6.45) is 4.08. The minimum Gasteiger partial charge on any atom is -0.324 e. The Morgan fingerprint density at radius 2 is 2.05 bits per heavy atom. The van der Waals surface area contributed by atoms with E-state index in [9.17, 15) is 4.79 Å². The lowest BCUT2D eigenvalue weighted by atomic mass is 9.96. The smallest absolute Gasteiger partial charge is 0.242 e. The first-order valence-corrected chi connectivity index (χ1v) is 8.30. The van der Waals surface area contributed by atoms with Gasteiger partial charge in [0.1, 0.15) is 0 Å². The molecule has 1 aromatic rings. The molecular formula is C19H28N2O. The molecule has 0 saturated carbocycles. The van der Waals surface area contributed by atoms with E-state index in [0.717, 1.165) is 55.6 Å². The quantitative estimate of drug-likeness (QED) is 0.832. The zero-order chi connectivity index (χ0) is 16.1. The molecule has 1 N–H and O–H groups in total. The van der Waals surface area contributed by atoms with Crippen LogP contribution < -0.4 is 5.32 Å². The maximum atomic E-state index is 12.8. The van der Waals surface area contributed by atoms with E-state index in [0.29, 0.717) is 0 Å². The van der Waals surface area contributed by atoms with Crippen LogP contribution in [0.5, 0.6) is 0 Å². The molecule has 1 fully saturated rings. The summed E-state index contributed by atoms with van der Waals surface area (Å²) in [5.74, 6) is 0.106. The zero-order valence-corrected chi connectivity index (χ0v) is 14.1. The summed E-state index contributed by atoms with van der Waals surface area (Å²) in [4.78, 5) is 15.1. The number of nitrogens with zero attached hydrogens (tertiary/aromatic N) is 1. The van der Waals surface area contributed by atoms with Gasteiger partial charge in [0.2, 0.25) is 5.91 Å². The highest BCUT2D eigenvalue weighted by molar-refractivity contribution is 5.96. The molecule has 1 unspecified atom stereocenters. The number of hydrogen-bond donors (Lipinski definition) is 1. The van der Waals surface area contributed by atoms with E-state index in [2.05, 4.69) is 23.7 Å². The number of likely N-dealkylation sites (tertiary alicyclic amines) is 1. The number of unbranched alkanes of at least 4 members (excludes halogenated alkanes) is 1. The molecule has 0 radical (unpaired) electrons. The maximum Gasteiger partial charge on any atom is 0.242 e. The fourth-order valence-corrected chi connectivity index (χ4v) is 3.07. The van der Waals surface area contributed by atoms with Gasteiger partial charge in [-0.25, -0.2) is 0 Å². The summed E-state index contributed by atoms with van der Waals surface area (Å²) in [5, 5.41) is 3.15. The minimum absolute atomic E-state index is 0.0770. The highest BCUT2D eigenvalue weighted by atomic mass is 16.2. The van der Waals surface area contributed by atoms with Crippen molar-refractivity contribution in [1.82, 2.24) is 4.90 Å². The maximum absolute atomic E-state index is 12.8. The molecule has 120 valence electrons. The van der Waals surface area contributed by atoms with E-state index in [-0.39, 0.29) is 11.9 Å². The van der Waals surface area contributed by atoms with Crippen LogP contribution in [0.2, 0.25) is 0 Å². The van der Waals surface area contributed by atoms with Crippen LogP contribution in [0, 0.1) is 13.8 Å². The minimum atomic E-state index is -0.0770. The van der Waals surface area contributed by atoms with Gasteiger partial charge in [0.25, 0.3) is 0 Å². The second-order valence-corrected chi connectivity index (χ2v) is 6.37. The number of nitrogens with one attached hydrogen (secondary N) is 1. The normalized spacial score (nSPS) is 19.2. The monoisotopic (exact) mass is 300 g/mol. The number of benzene rings is 1. The Balaban J connectivity index is 2.12. The Hall–Kier alpha value is -1.61. The second kappa shape index (κ2) is 7.59. The molecular weight excluding hydrogens is 272 g/mol. The highest BCUT2D eigenvalue weighted by Crippen LogP contribution is 2.25. The average Bonchev–Trinajstić information content (AvgIpc) is 2.49. The summed E-state index contributed by atoms with van der Waals surface area (Å²) in [6, 6.07) is 6.03. The molecule has 0 aliphatic carbocycles. The molecule has 0 aromatic heterocycles. The third-order valence-electron chi connectivity index (χ3n) is 4.51. The number of aryl methyl sites for hydroxylation is 2. The highest BCUT2D eigenvalue weighted by Gasteiger charge is 2.30. The van der Waals surface area contributed by atoms with Crippen molar-refractivity contribution in [1.29, 1.82) is 0 Å². The number of carbonyl (C=O) groups is 1. The van der Waals surface area contributed by atoms with E-state index in [1.54, 1.807) is 0 Å². The van der Waals surface area contributed by atoms with Gasteiger partial charge in [0, 0.05) is 12.2 Å². The van der Waals surface area contributed by atoms with Crippen LogP contribution in [0.1, 0.15) is 43.7 Å². The first-order chi connectivity index (χ1) is 10.5. The topological polar surface area (TPSA) is 32.3 Å². The van der Waals surface area contributed by atoms with Gasteiger partial charge in [0.05, 0.1) is 6.04 Å². The molecule has 1 aromatic carbocycles. The average molecular weight is 300 g/mol. The molecule has 1 aliphatic heterocycles. The lowest BCUT2D eigenvalue weighted by Gasteiger charge is -2.35. The molecule has 1 saturated heterocycles. The van der Waals surface area contributed by atoms with Crippen molar-refractivity contribution in [3.8, 4) is 0 Å². The molecule has 0 spiro atoms. The first-order valence-electron chi connectivity index (χ1n) is 8.30. The Bertz CT molecular complexity index is 530. The van der Waals surface area contributed by atoms with Gasteiger partial charge in [-0.1, -0.05) is 43.7 Å². The van der Waals surface area contributed by atoms with Gasteiger partial charge in [-0.3, -0.25) is 9.69 Å². The summed E-state index contributed by atoms with van der Waals surface area (Å²) in [6.45, 7) is 12.3. The zero-order valence-electron chi connectivity index (χ0n) is 14.1. The molecule has 1 heterocycles. The van der Waals surface area contributed by atoms with Crippen molar-refractivity contribution < 1.29 is 4.79 Å². The van der Waals surface area contributed by atoms with Gasteiger partial charge in [-0.15, -0.1) is 0 Å². The lowest BCUT2D eigenvalue weighted by molar-refractivity contribution is -0.121. The van der Waals surface area contributed by atoms with Gasteiger partial charge < -0.3 is 5.32 Å². The number of carbonyl (C=O) groups excluding carboxylic acids is 1. The predicted molar refractivity (Wildman–Crippen MR) is 93.2 cm³/mol. The molecule has 22 heavy (non-hydrogen) atoms. The number of piperidine rings is 1. The van der Waals surface area contributed by atoms with Gasteiger partial charge in [-0.05, 0) is 50.8 Å². The standard InChI is InChI=1S/C19H28N2O/c1-5-6-11-21-12-10-14(2)13-17(21)19(22)20-18-15(3)8-7-9-16(18)4/h7-9,17H,2,5-6,10-13H2,1,3-4H3,(H,20,22). The van der Waals surface area contributed by atoms with Crippen LogP contribution >= 0.6 is 0 Å². The van der Waals surface area contributed by atoms with Crippen LogP contribution in [0.3, 0.4) is 0 Å². The van der Waals surface area contributed by atoms with Gasteiger partial charge in [0.15, 0.2) is 0 Å². The molecule has 3 nitrogen and oxygen atoms in total.